The highest BCUT2D eigenvalue weighted by Gasteiger charge is 2.53. The molecule has 32 nitrogen and oxygen atoms in total. The van der Waals surface area contributed by atoms with Gasteiger partial charge in [0.15, 0.2) is 0 Å². The Hall–Kier alpha value is -8.15. The number of primary amides is 1. The number of carbonyl (C=O) groups is 9. The van der Waals surface area contributed by atoms with Crippen molar-refractivity contribution in [2.75, 3.05) is 38.2 Å². The quantitative estimate of drug-likeness (QED) is 0.0729. The van der Waals surface area contributed by atoms with E-state index < -0.39 is 195 Å². The Balaban J connectivity index is 1.16. The SMILES string of the molecule is CCC(C)C1NC(=O)CNC(=O)C2NC(=O)C([C@@H](C)C(O)CO)NC(=O)C3C[C@@H]4CN3C(CC(C)(C)CC(C)(NC(=O)NC(C)(C)CC(C)(C)Oc3ccc(-c5nnc(S(C)(=O)=O)o5)cc3)O4)C(O)C(CC(N)=O)NC(=O)[C@@H](CSc3[nH]c4cc(O)ccc4c32)NC(=O)CNC1=O. The zero-order chi connectivity index (χ0) is 71.4. The van der Waals surface area contributed by atoms with E-state index in [1.165, 1.54) is 25.1 Å². The van der Waals surface area contributed by atoms with Gasteiger partial charge in [-0.2, -0.15) is 0 Å². The van der Waals surface area contributed by atoms with Crippen molar-refractivity contribution in [1.29, 1.82) is 0 Å². The molecule has 16 N–H and O–H groups in total. The van der Waals surface area contributed by atoms with Crippen LogP contribution >= 0.6 is 11.8 Å². The summed E-state index contributed by atoms with van der Waals surface area (Å²) in [6.45, 7) is 14.8. The van der Waals surface area contributed by atoms with Gasteiger partial charge in [0.2, 0.25) is 63.0 Å². The lowest BCUT2D eigenvalue weighted by atomic mass is 9.76. The number of amides is 10. The normalized spacial score (nSPS) is 27.1. The fourth-order valence-electron chi connectivity index (χ4n) is 13.4. The molecule has 0 saturated carbocycles. The van der Waals surface area contributed by atoms with Gasteiger partial charge in [-0.3, -0.25) is 43.3 Å². The van der Waals surface area contributed by atoms with Crippen LogP contribution in [0.5, 0.6) is 11.5 Å². The minimum Gasteiger partial charge on any atom is -0.508 e. The fourth-order valence-corrected chi connectivity index (χ4v) is 15.0. The molecule has 0 aliphatic carbocycles. The third kappa shape index (κ3) is 18.7. The molecule has 4 bridgehead atoms. The molecule has 8 rings (SSSR count). The van der Waals surface area contributed by atoms with Gasteiger partial charge in [0.05, 0.1) is 60.6 Å². The Bertz CT molecular complexity index is 3730. The number of hydrogen-bond donors (Lipinski definition) is 15. The van der Waals surface area contributed by atoms with Crippen molar-refractivity contribution >= 4 is 85.8 Å². The summed E-state index contributed by atoms with van der Waals surface area (Å²) in [7, 11) is -3.74. The number of aromatic amines is 1. The molecule has 2 saturated heterocycles. The molecule has 4 aromatic rings. The largest absolute Gasteiger partial charge is 0.508 e. The van der Waals surface area contributed by atoms with Gasteiger partial charge in [0.25, 0.3) is 0 Å². The summed E-state index contributed by atoms with van der Waals surface area (Å²) >= 11 is 0.852. The van der Waals surface area contributed by atoms with Crippen molar-refractivity contribution in [3.8, 4) is 23.0 Å². The summed E-state index contributed by atoms with van der Waals surface area (Å²) in [5, 5.41) is 77.3. The zero-order valence-corrected chi connectivity index (χ0v) is 57.6. The van der Waals surface area contributed by atoms with Crippen LogP contribution in [0.25, 0.3) is 22.4 Å². The smallest absolute Gasteiger partial charge is 0.335 e. The third-order valence-corrected chi connectivity index (χ3v) is 19.6. The maximum atomic E-state index is 15.5. The molecule has 2 fully saturated rings. The van der Waals surface area contributed by atoms with Gasteiger partial charge in [-0.1, -0.05) is 46.1 Å². The average molecular weight is 1400 g/mol. The summed E-state index contributed by atoms with van der Waals surface area (Å²) in [4.78, 5) is 135. The van der Waals surface area contributed by atoms with E-state index in [0.717, 1.165) is 18.0 Å². The van der Waals surface area contributed by atoms with Gasteiger partial charge in [-0.05, 0) is 95.2 Å². The highest BCUT2D eigenvalue weighted by molar-refractivity contribution is 7.99. The number of H-pyrrole nitrogens is 1. The number of aromatic hydroxyl groups is 1. The van der Waals surface area contributed by atoms with Crippen LogP contribution in [0.2, 0.25) is 0 Å². The number of aliphatic hydroxyl groups is 3. The van der Waals surface area contributed by atoms with E-state index in [9.17, 15) is 57.6 Å². The second-order valence-electron chi connectivity index (χ2n) is 27.9. The van der Waals surface area contributed by atoms with Crippen LogP contribution in [0.3, 0.4) is 0 Å². The van der Waals surface area contributed by atoms with Gasteiger partial charge in [0, 0.05) is 77.9 Å². The molecule has 97 heavy (non-hydrogen) atoms. The van der Waals surface area contributed by atoms with Gasteiger partial charge in [-0.15, -0.1) is 16.9 Å². The van der Waals surface area contributed by atoms with Crippen LogP contribution in [0, 0.1) is 17.3 Å². The van der Waals surface area contributed by atoms with E-state index in [1.807, 2.05) is 27.7 Å². The van der Waals surface area contributed by atoms with Crippen LogP contribution in [-0.4, -0.2) is 212 Å². The highest BCUT2D eigenvalue weighted by atomic mass is 32.2. The molecule has 10 amide bonds. The fraction of sp³-hybridized carbons (Fsp3) is 0.603. The summed E-state index contributed by atoms with van der Waals surface area (Å²) < 4.78 is 42.5. The van der Waals surface area contributed by atoms with Crippen LogP contribution in [0.4, 0.5) is 4.79 Å². The summed E-state index contributed by atoms with van der Waals surface area (Å²) in [6.07, 6.45) is -3.81. The number of aromatic nitrogens is 3. The van der Waals surface area contributed by atoms with Gasteiger partial charge in [-0.25, -0.2) is 13.2 Å². The molecule has 2 aromatic heterocycles. The van der Waals surface area contributed by atoms with Crippen molar-refractivity contribution in [1.82, 2.24) is 67.9 Å². The van der Waals surface area contributed by atoms with E-state index in [4.69, 9.17) is 19.6 Å². The van der Waals surface area contributed by atoms with Crippen molar-refractivity contribution < 1.29 is 85.9 Å². The number of ether oxygens (including phenoxy) is 2. The summed E-state index contributed by atoms with van der Waals surface area (Å²) in [5.74, 6) is -9.52. The van der Waals surface area contributed by atoms with E-state index in [2.05, 4.69) is 63.0 Å². The Morgan fingerprint density at radius 1 is 0.887 bits per heavy atom. The number of thioether (sulfide) groups is 1. The molecule has 4 aliphatic rings. The Labute approximate surface area is 564 Å². The lowest BCUT2D eigenvalue weighted by Gasteiger charge is -2.44. The van der Waals surface area contributed by atoms with Crippen molar-refractivity contribution in [3.63, 3.8) is 0 Å². The van der Waals surface area contributed by atoms with Crippen LogP contribution in [0.1, 0.15) is 119 Å². The van der Waals surface area contributed by atoms with Crippen molar-refractivity contribution in [3.05, 3.63) is 48.0 Å². The first-order chi connectivity index (χ1) is 45.3. The zero-order valence-electron chi connectivity index (χ0n) is 56.0. The lowest BCUT2D eigenvalue weighted by Crippen LogP contribution is -2.63. The van der Waals surface area contributed by atoms with Gasteiger partial charge >= 0.3 is 11.3 Å². The molecule has 13 atom stereocenters. The number of hydrogen-bond acceptors (Lipinski definition) is 22. The monoisotopic (exact) mass is 1390 g/mol. The number of carbonyl (C=O) groups excluding carboxylic acids is 9. The van der Waals surface area contributed by atoms with E-state index in [1.54, 1.807) is 63.8 Å². The van der Waals surface area contributed by atoms with E-state index in [0.29, 0.717) is 17.7 Å². The number of nitrogens with two attached hydrogens (primary N) is 1. The molecule has 0 spiro atoms. The number of rotatable bonds is 15. The second kappa shape index (κ2) is 29.9. The van der Waals surface area contributed by atoms with Gasteiger partial charge < -0.3 is 92.9 Å². The van der Waals surface area contributed by atoms with Crippen LogP contribution in [0.15, 0.2) is 57.1 Å². The standard InChI is InChI=1S/C63H90N14O18S2/c1-12-30(2)47-53(87)65-23-44(82)67-39-27-96-57-46(36-18-15-33(79)19-37(36)69-57)49(54(88)66-24-45(83)70-47)72-55(89)48(31(3)42(80)26-78)71-52(86)40-20-35-25-77(40)41(50(84)38(21-43(64)81)68-51(39)85)22-60(4,5)28-63(10,95-35)74-58(90)73-61(6,7)29-62(8,9)94-34-16-13-32(14-17-34)56-75-76-59(93-56)97(11,91)92/h13-19,30-31,35,38-42,47-50,69,78-80,84H,12,20-29H2,1-11H3,(H2,64,81)(H,65,87)(H,66,88)(H,67,82)(H,68,85)(H,70,83)(H,71,86)(H,72,89)(H2,73,74,90)/t30?,31-,35+,38?,39+,40?,41?,42?,47?,48?,49?,50?,63?/m0/s1. The van der Waals surface area contributed by atoms with Crippen molar-refractivity contribution in [2.24, 2.45) is 23.0 Å². The third-order valence-electron chi connectivity index (χ3n) is 17.7. The number of phenols is 1. The number of aliphatic hydroxyl groups excluding tert-OH is 3. The topological polar surface area (TPSA) is 479 Å². The Morgan fingerprint density at radius 2 is 1.56 bits per heavy atom. The maximum absolute atomic E-state index is 15.5. The average Bonchev–Trinajstić information content (AvgIpc) is 1.65. The predicted molar refractivity (Wildman–Crippen MR) is 350 cm³/mol. The number of phenolic OH excluding ortho intramolecular Hbond substituents is 1. The first kappa shape index (κ1) is 74.6. The summed E-state index contributed by atoms with van der Waals surface area (Å²) in [5.41, 5.74) is 2.07. The number of benzene rings is 2. The predicted octanol–water partition coefficient (Wildman–Crippen LogP) is -0.263. The number of fused-ring (bicyclic) bond motifs is 4. The lowest BCUT2D eigenvalue weighted by molar-refractivity contribution is -0.138. The van der Waals surface area contributed by atoms with Crippen LogP contribution in [-0.2, 0) is 52.9 Å². The number of sulfone groups is 1. The van der Waals surface area contributed by atoms with E-state index >= 15 is 14.4 Å². The molecule has 0 radical (unpaired) electrons. The molecule has 34 heteroatoms. The molecule has 2 aromatic carbocycles. The molecular formula is C63H90N14O18S2. The molecule has 4 aliphatic heterocycles. The molecule has 532 valence electrons. The number of nitrogens with zero attached hydrogens (tertiary/aromatic N) is 3. The highest BCUT2D eigenvalue weighted by Crippen LogP contribution is 2.43. The first-order valence-corrected chi connectivity index (χ1v) is 34.8. The van der Waals surface area contributed by atoms with Crippen LogP contribution < -0.4 is 58.3 Å². The Morgan fingerprint density at radius 3 is 2.20 bits per heavy atom. The first-order valence-electron chi connectivity index (χ1n) is 31.9. The van der Waals surface area contributed by atoms with Crippen molar-refractivity contribution in [2.45, 2.75) is 195 Å². The number of urea groups is 1. The Kier molecular flexibility index (Phi) is 23.0. The van der Waals surface area contributed by atoms with E-state index in [-0.39, 0.29) is 65.4 Å². The summed E-state index contributed by atoms with van der Waals surface area (Å²) in [6, 6.07) is -0.713. The minimum absolute atomic E-state index is 0.00434. The molecular weight excluding hydrogens is 1300 g/mol. The molecule has 10 unspecified atom stereocenters. The minimum atomic E-state index is -3.74. The second-order valence-corrected chi connectivity index (χ2v) is 30.8. The molecule has 6 heterocycles. The maximum Gasteiger partial charge on any atom is 0.335 e. The van der Waals surface area contributed by atoms with Gasteiger partial charge in [0.1, 0.15) is 47.0 Å². The number of nitrogens with one attached hydrogen (secondary N) is 10.